The van der Waals surface area contributed by atoms with Crippen LogP contribution in [-0.2, 0) is 0 Å². The molecule has 1 heterocycles. The summed E-state index contributed by atoms with van der Waals surface area (Å²) in [4.78, 5) is 15.7. The maximum atomic E-state index is 11.4. The Hall–Kier alpha value is -2.12. The highest BCUT2D eigenvalue weighted by atomic mass is 32.1. The molecule has 0 atom stereocenters. The zero-order chi connectivity index (χ0) is 15.2. The first kappa shape index (κ1) is 15.3. The fraction of sp³-hybridized carbons (Fsp3) is 0.286. The molecule has 112 valence electrons. The highest BCUT2D eigenvalue weighted by Gasteiger charge is 2.13. The van der Waals surface area contributed by atoms with Crippen molar-refractivity contribution in [1.82, 2.24) is 10.4 Å². The van der Waals surface area contributed by atoms with Crippen LogP contribution >= 0.6 is 11.3 Å². The van der Waals surface area contributed by atoms with Crippen molar-refractivity contribution in [3.63, 3.8) is 0 Å². The van der Waals surface area contributed by atoms with Crippen LogP contribution in [0.25, 0.3) is 10.6 Å². The van der Waals surface area contributed by atoms with Crippen molar-refractivity contribution >= 4 is 17.2 Å². The van der Waals surface area contributed by atoms with E-state index in [1.807, 2.05) is 25.1 Å². The fourth-order valence-corrected chi connectivity index (χ4v) is 2.52. The number of nitrogens with two attached hydrogens (primary N) is 1. The van der Waals surface area contributed by atoms with Gasteiger partial charge in [-0.2, -0.15) is 0 Å². The Morgan fingerprint density at radius 1 is 1.43 bits per heavy atom. The number of hydrogen-bond acceptors (Lipinski definition) is 6. The summed E-state index contributed by atoms with van der Waals surface area (Å²) in [6, 6.07) is 5.56. The summed E-state index contributed by atoms with van der Waals surface area (Å²) in [5.41, 5.74) is 3.22. The van der Waals surface area contributed by atoms with E-state index >= 15 is 0 Å². The van der Waals surface area contributed by atoms with Gasteiger partial charge in [0.15, 0.2) is 11.5 Å². The van der Waals surface area contributed by atoms with Gasteiger partial charge in [0.2, 0.25) is 0 Å². The topological polar surface area (TPSA) is 86.5 Å². The molecule has 1 aromatic carbocycles. The van der Waals surface area contributed by atoms with Crippen molar-refractivity contribution in [3.8, 4) is 22.1 Å². The van der Waals surface area contributed by atoms with E-state index < -0.39 is 5.91 Å². The number of amides is 1. The van der Waals surface area contributed by atoms with Gasteiger partial charge in [0.25, 0.3) is 5.91 Å². The number of thiazole rings is 1. The molecule has 0 aliphatic carbocycles. The molecule has 0 spiro atoms. The Bertz CT molecular complexity index is 628. The lowest BCUT2D eigenvalue weighted by Gasteiger charge is -2.10. The number of rotatable bonds is 6. The van der Waals surface area contributed by atoms with Crippen molar-refractivity contribution in [1.29, 1.82) is 0 Å². The molecular weight excluding hydrogens is 290 g/mol. The standard InChI is InChI=1S/C14H17N3O3S/c1-3-6-20-12-7-9(4-5-11(12)19-2)14-16-10(8-21-14)13(18)17-15/h4-5,7-8H,3,6,15H2,1-2H3,(H,17,18). The predicted molar refractivity (Wildman–Crippen MR) is 81.5 cm³/mol. The number of hydrazine groups is 1. The number of nitrogens with one attached hydrogen (secondary N) is 1. The highest BCUT2D eigenvalue weighted by Crippen LogP contribution is 2.33. The van der Waals surface area contributed by atoms with Crippen LogP contribution in [0.1, 0.15) is 23.8 Å². The van der Waals surface area contributed by atoms with Gasteiger partial charge in [0.05, 0.1) is 13.7 Å². The maximum absolute atomic E-state index is 11.4. The van der Waals surface area contributed by atoms with Gasteiger partial charge < -0.3 is 9.47 Å². The lowest BCUT2D eigenvalue weighted by atomic mass is 10.2. The van der Waals surface area contributed by atoms with E-state index in [2.05, 4.69) is 10.4 Å². The van der Waals surface area contributed by atoms with Gasteiger partial charge in [-0.05, 0) is 24.6 Å². The lowest BCUT2D eigenvalue weighted by molar-refractivity contribution is 0.0949. The molecule has 7 heteroatoms. The van der Waals surface area contributed by atoms with Crippen LogP contribution in [0, 0.1) is 0 Å². The molecule has 1 amide bonds. The van der Waals surface area contributed by atoms with Gasteiger partial charge in [-0.15, -0.1) is 11.3 Å². The number of carbonyl (C=O) groups excluding carboxylic acids is 1. The van der Waals surface area contributed by atoms with Crippen molar-refractivity contribution in [3.05, 3.63) is 29.3 Å². The molecule has 0 bridgehead atoms. The second-order valence-electron chi connectivity index (χ2n) is 4.23. The third-order valence-corrected chi connectivity index (χ3v) is 3.63. The number of ether oxygens (including phenoxy) is 2. The molecule has 6 nitrogen and oxygen atoms in total. The smallest absolute Gasteiger partial charge is 0.284 e. The molecule has 3 N–H and O–H groups in total. The maximum Gasteiger partial charge on any atom is 0.284 e. The lowest BCUT2D eigenvalue weighted by Crippen LogP contribution is -2.30. The molecule has 2 aromatic rings. The molecule has 2 rings (SSSR count). The minimum absolute atomic E-state index is 0.296. The largest absolute Gasteiger partial charge is 0.493 e. The molecule has 1 aromatic heterocycles. The van der Waals surface area contributed by atoms with Crippen LogP contribution in [-0.4, -0.2) is 24.6 Å². The Kier molecular flexibility index (Phi) is 5.13. The minimum Gasteiger partial charge on any atom is -0.493 e. The number of hydrogen-bond donors (Lipinski definition) is 2. The number of nitrogen functional groups attached to an aromatic ring is 1. The van der Waals surface area contributed by atoms with E-state index in [-0.39, 0.29) is 0 Å². The van der Waals surface area contributed by atoms with Crippen molar-refractivity contribution in [2.75, 3.05) is 13.7 Å². The Labute approximate surface area is 126 Å². The van der Waals surface area contributed by atoms with Gasteiger partial charge in [-0.1, -0.05) is 6.92 Å². The molecule has 21 heavy (non-hydrogen) atoms. The third-order valence-electron chi connectivity index (χ3n) is 2.74. The first-order valence-electron chi connectivity index (χ1n) is 6.47. The summed E-state index contributed by atoms with van der Waals surface area (Å²) in [5, 5.41) is 2.38. The summed E-state index contributed by atoms with van der Waals surface area (Å²) < 4.78 is 10.9. The van der Waals surface area contributed by atoms with E-state index in [0.29, 0.717) is 23.8 Å². The van der Waals surface area contributed by atoms with E-state index in [4.69, 9.17) is 15.3 Å². The third kappa shape index (κ3) is 3.50. The van der Waals surface area contributed by atoms with Crippen LogP contribution in [0.15, 0.2) is 23.6 Å². The van der Waals surface area contributed by atoms with Gasteiger partial charge in [-0.25, -0.2) is 10.8 Å². The van der Waals surface area contributed by atoms with Crippen LogP contribution in [0.2, 0.25) is 0 Å². The SMILES string of the molecule is CCCOc1cc(-c2nc(C(=O)NN)cs2)ccc1OC. The number of methoxy groups -OCH3 is 1. The summed E-state index contributed by atoms with van der Waals surface area (Å²) in [6.45, 7) is 2.65. The van der Waals surface area contributed by atoms with Gasteiger partial charge in [0, 0.05) is 10.9 Å². The Morgan fingerprint density at radius 2 is 2.24 bits per heavy atom. The van der Waals surface area contributed by atoms with E-state index in [0.717, 1.165) is 17.0 Å². The van der Waals surface area contributed by atoms with Crippen molar-refractivity contribution in [2.45, 2.75) is 13.3 Å². The van der Waals surface area contributed by atoms with Gasteiger partial charge in [0.1, 0.15) is 10.7 Å². The summed E-state index contributed by atoms with van der Waals surface area (Å²) in [6.07, 6.45) is 0.908. The molecule has 0 saturated heterocycles. The van der Waals surface area contributed by atoms with Crippen LogP contribution in [0.4, 0.5) is 0 Å². The van der Waals surface area contributed by atoms with Crippen LogP contribution in [0.5, 0.6) is 11.5 Å². The zero-order valence-electron chi connectivity index (χ0n) is 11.9. The Balaban J connectivity index is 2.31. The molecule has 0 fully saturated rings. The fourth-order valence-electron chi connectivity index (χ4n) is 1.72. The van der Waals surface area contributed by atoms with E-state index in [1.54, 1.807) is 12.5 Å². The number of benzene rings is 1. The summed E-state index contributed by atoms with van der Waals surface area (Å²) >= 11 is 1.37. The van der Waals surface area contributed by atoms with Gasteiger partial charge >= 0.3 is 0 Å². The molecule has 0 saturated carbocycles. The minimum atomic E-state index is -0.409. The number of carbonyl (C=O) groups is 1. The van der Waals surface area contributed by atoms with Gasteiger partial charge in [-0.3, -0.25) is 10.2 Å². The average Bonchev–Trinajstić information content (AvgIpc) is 3.01. The first-order valence-corrected chi connectivity index (χ1v) is 7.35. The predicted octanol–water partition coefficient (Wildman–Crippen LogP) is 2.21. The average molecular weight is 307 g/mol. The quantitative estimate of drug-likeness (QED) is 0.485. The molecule has 0 aliphatic rings. The highest BCUT2D eigenvalue weighted by molar-refractivity contribution is 7.13. The van der Waals surface area contributed by atoms with Crippen molar-refractivity contribution < 1.29 is 14.3 Å². The summed E-state index contributed by atoms with van der Waals surface area (Å²) in [5.74, 6) is 6.02. The molecule has 0 unspecified atom stereocenters. The first-order chi connectivity index (χ1) is 10.2. The monoisotopic (exact) mass is 307 g/mol. The van der Waals surface area contributed by atoms with Crippen molar-refractivity contribution in [2.24, 2.45) is 5.84 Å². The van der Waals surface area contributed by atoms with E-state index in [1.165, 1.54) is 11.3 Å². The zero-order valence-corrected chi connectivity index (χ0v) is 12.7. The Morgan fingerprint density at radius 3 is 2.90 bits per heavy atom. The van der Waals surface area contributed by atoms with Crippen LogP contribution in [0.3, 0.4) is 0 Å². The molecule has 0 radical (unpaired) electrons. The second kappa shape index (κ2) is 7.05. The summed E-state index contributed by atoms with van der Waals surface area (Å²) in [7, 11) is 1.60. The normalized spacial score (nSPS) is 10.2. The number of aromatic nitrogens is 1. The second-order valence-corrected chi connectivity index (χ2v) is 5.08. The number of nitrogens with zero attached hydrogens (tertiary/aromatic N) is 1. The molecule has 0 aliphatic heterocycles. The van der Waals surface area contributed by atoms with E-state index in [9.17, 15) is 4.79 Å². The van der Waals surface area contributed by atoms with Crippen LogP contribution < -0.4 is 20.7 Å². The molecular formula is C14H17N3O3S.